The Kier molecular flexibility index (Phi) is 1.48. The van der Waals surface area contributed by atoms with Crippen LogP contribution in [0.2, 0.25) is 0 Å². The number of para-hydroxylation sites is 1. The number of rotatable bonds is 0. The molecule has 2 aliphatic carbocycles. The maximum atomic E-state index is 6.32. The van der Waals surface area contributed by atoms with Crippen LogP contribution in [0, 0.1) is 0 Å². The molecular formula is C14H14N2. The van der Waals surface area contributed by atoms with E-state index in [2.05, 4.69) is 12.1 Å². The number of anilines is 1. The first-order valence-electron chi connectivity index (χ1n) is 6.02. The highest BCUT2D eigenvalue weighted by Gasteiger charge is 2.39. The van der Waals surface area contributed by atoms with Gasteiger partial charge in [-0.1, -0.05) is 18.2 Å². The van der Waals surface area contributed by atoms with Crippen LogP contribution < -0.4 is 5.73 Å². The summed E-state index contributed by atoms with van der Waals surface area (Å²) >= 11 is 0. The molecule has 0 saturated heterocycles. The summed E-state index contributed by atoms with van der Waals surface area (Å²) < 4.78 is 0. The van der Waals surface area contributed by atoms with Crippen LogP contribution in [0.4, 0.5) is 5.69 Å². The molecule has 1 fully saturated rings. The fourth-order valence-corrected chi connectivity index (χ4v) is 3.50. The molecule has 0 radical (unpaired) electrons. The maximum Gasteiger partial charge on any atom is 0.0726 e. The highest BCUT2D eigenvalue weighted by molar-refractivity contribution is 5.93. The summed E-state index contributed by atoms with van der Waals surface area (Å²) in [6.45, 7) is 0. The van der Waals surface area contributed by atoms with E-state index in [0.717, 1.165) is 16.6 Å². The number of fused-ring (bicyclic) bond motifs is 6. The first kappa shape index (κ1) is 8.57. The fraction of sp³-hybridized carbons (Fsp3) is 0.357. The predicted octanol–water partition coefficient (Wildman–Crippen LogP) is 3.18. The van der Waals surface area contributed by atoms with E-state index in [-0.39, 0.29) is 0 Å². The molecule has 2 aromatic rings. The minimum atomic E-state index is 0.687. The maximum absolute atomic E-state index is 6.32. The Hall–Kier alpha value is -1.57. The van der Waals surface area contributed by atoms with Crippen LogP contribution in [0.5, 0.6) is 0 Å². The van der Waals surface area contributed by atoms with E-state index in [0.29, 0.717) is 11.8 Å². The summed E-state index contributed by atoms with van der Waals surface area (Å²) in [4.78, 5) is 4.82. The van der Waals surface area contributed by atoms with E-state index in [1.165, 1.54) is 30.5 Å². The minimum absolute atomic E-state index is 0.687. The quantitative estimate of drug-likeness (QED) is 0.725. The number of nitrogen functional groups attached to an aromatic ring is 1. The molecule has 2 heteroatoms. The van der Waals surface area contributed by atoms with Crippen molar-refractivity contribution in [1.29, 1.82) is 0 Å². The average Bonchev–Trinajstić information content (AvgIpc) is 2.90. The molecule has 1 heterocycles. The molecule has 80 valence electrons. The third-order valence-electron chi connectivity index (χ3n) is 4.23. The Morgan fingerprint density at radius 2 is 1.94 bits per heavy atom. The average molecular weight is 210 g/mol. The number of benzene rings is 1. The molecule has 2 aliphatic rings. The lowest BCUT2D eigenvalue weighted by Crippen LogP contribution is -2.06. The van der Waals surface area contributed by atoms with E-state index in [4.69, 9.17) is 10.7 Å². The monoisotopic (exact) mass is 210 g/mol. The van der Waals surface area contributed by atoms with Crippen molar-refractivity contribution in [2.45, 2.75) is 31.1 Å². The lowest BCUT2D eigenvalue weighted by Gasteiger charge is -2.17. The summed E-state index contributed by atoms with van der Waals surface area (Å²) in [5, 5.41) is 1.13. The third kappa shape index (κ3) is 0.902. The van der Waals surface area contributed by atoms with Gasteiger partial charge < -0.3 is 5.73 Å². The molecule has 0 unspecified atom stereocenters. The van der Waals surface area contributed by atoms with E-state index in [9.17, 15) is 0 Å². The molecule has 2 atom stereocenters. The molecule has 16 heavy (non-hydrogen) atoms. The predicted molar refractivity (Wildman–Crippen MR) is 65.5 cm³/mol. The molecule has 2 N–H and O–H groups in total. The standard InChI is InChI=1S/C14H14N2/c15-13-10-3-1-2-4-11(10)16-14-9-6-5-8(7-9)12(13)14/h1-4,8-9H,5-7H2,(H2,15,16)/t8-,9-/m0/s1. The van der Waals surface area contributed by atoms with Crippen molar-refractivity contribution in [1.82, 2.24) is 4.98 Å². The number of hydrogen-bond acceptors (Lipinski definition) is 2. The lowest BCUT2D eigenvalue weighted by molar-refractivity contribution is 0.702. The summed E-state index contributed by atoms with van der Waals surface area (Å²) in [6.07, 6.45) is 3.90. The Bertz CT molecular complexity index is 589. The van der Waals surface area contributed by atoms with Gasteiger partial charge in [0.1, 0.15) is 0 Å². The highest BCUT2D eigenvalue weighted by Crippen LogP contribution is 2.54. The normalized spacial score (nSPS) is 26.2. The molecule has 2 nitrogen and oxygen atoms in total. The number of hydrogen-bond donors (Lipinski definition) is 1. The number of pyridine rings is 1. The van der Waals surface area contributed by atoms with Crippen LogP contribution in [-0.2, 0) is 0 Å². The van der Waals surface area contributed by atoms with Crippen molar-refractivity contribution < 1.29 is 0 Å². The lowest BCUT2D eigenvalue weighted by atomic mass is 9.93. The second-order valence-corrected chi connectivity index (χ2v) is 5.05. The molecule has 1 saturated carbocycles. The fourth-order valence-electron chi connectivity index (χ4n) is 3.50. The zero-order valence-electron chi connectivity index (χ0n) is 9.11. The first-order chi connectivity index (χ1) is 7.84. The van der Waals surface area contributed by atoms with Crippen molar-refractivity contribution in [2.75, 3.05) is 5.73 Å². The summed E-state index contributed by atoms with van der Waals surface area (Å²) in [5.41, 5.74) is 11.0. The number of nitrogens with two attached hydrogens (primary N) is 1. The second-order valence-electron chi connectivity index (χ2n) is 5.05. The molecule has 0 aliphatic heterocycles. The van der Waals surface area contributed by atoms with Gasteiger partial charge in [-0.3, -0.25) is 4.98 Å². The molecular weight excluding hydrogens is 196 g/mol. The largest absolute Gasteiger partial charge is 0.398 e. The Morgan fingerprint density at radius 3 is 2.88 bits per heavy atom. The molecule has 0 amide bonds. The van der Waals surface area contributed by atoms with Gasteiger partial charge in [0.15, 0.2) is 0 Å². The van der Waals surface area contributed by atoms with Crippen molar-refractivity contribution in [3.05, 3.63) is 35.5 Å². The molecule has 1 aromatic heterocycles. The van der Waals surface area contributed by atoms with Crippen LogP contribution in [0.3, 0.4) is 0 Å². The van der Waals surface area contributed by atoms with Gasteiger partial charge in [-0.2, -0.15) is 0 Å². The smallest absolute Gasteiger partial charge is 0.0726 e. The van der Waals surface area contributed by atoms with E-state index in [1.54, 1.807) is 0 Å². The van der Waals surface area contributed by atoms with Crippen molar-refractivity contribution >= 4 is 16.6 Å². The Labute approximate surface area is 94.5 Å². The van der Waals surface area contributed by atoms with Crippen LogP contribution in [0.25, 0.3) is 10.9 Å². The summed E-state index contributed by atoms with van der Waals surface area (Å²) in [6, 6.07) is 8.23. The second kappa shape index (κ2) is 2.76. The van der Waals surface area contributed by atoms with Gasteiger partial charge in [-0.05, 0) is 31.2 Å². The zero-order valence-corrected chi connectivity index (χ0v) is 9.11. The van der Waals surface area contributed by atoms with Crippen LogP contribution in [-0.4, -0.2) is 4.98 Å². The molecule has 0 spiro atoms. The van der Waals surface area contributed by atoms with Gasteiger partial charge in [0.05, 0.1) is 5.52 Å². The van der Waals surface area contributed by atoms with Crippen molar-refractivity contribution in [3.63, 3.8) is 0 Å². The first-order valence-corrected chi connectivity index (χ1v) is 6.02. The molecule has 4 rings (SSSR count). The molecule has 2 bridgehead atoms. The number of nitrogens with zero attached hydrogens (tertiary/aromatic N) is 1. The Morgan fingerprint density at radius 1 is 1.12 bits per heavy atom. The third-order valence-corrected chi connectivity index (χ3v) is 4.23. The zero-order chi connectivity index (χ0) is 10.7. The Balaban J connectivity index is 2.13. The van der Waals surface area contributed by atoms with Gasteiger partial charge in [0.25, 0.3) is 0 Å². The minimum Gasteiger partial charge on any atom is -0.398 e. The van der Waals surface area contributed by atoms with Gasteiger partial charge >= 0.3 is 0 Å². The van der Waals surface area contributed by atoms with Crippen LogP contribution in [0.1, 0.15) is 42.4 Å². The van der Waals surface area contributed by atoms with Crippen molar-refractivity contribution in [3.8, 4) is 0 Å². The van der Waals surface area contributed by atoms with E-state index < -0.39 is 0 Å². The van der Waals surface area contributed by atoms with E-state index in [1.807, 2.05) is 12.1 Å². The SMILES string of the molecule is Nc1c2c(nc3ccccc13)[C@H]1CC[C@H]2C1. The van der Waals surface area contributed by atoms with Gasteiger partial charge in [-0.15, -0.1) is 0 Å². The van der Waals surface area contributed by atoms with Crippen molar-refractivity contribution in [2.24, 2.45) is 0 Å². The van der Waals surface area contributed by atoms with Crippen LogP contribution in [0.15, 0.2) is 24.3 Å². The number of aromatic nitrogens is 1. The van der Waals surface area contributed by atoms with Gasteiger partial charge in [0, 0.05) is 28.2 Å². The summed E-state index contributed by atoms with van der Waals surface area (Å²) in [5.74, 6) is 1.38. The highest BCUT2D eigenvalue weighted by atomic mass is 14.8. The van der Waals surface area contributed by atoms with E-state index >= 15 is 0 Å². The van der Waals surface area contributed by atoms with Gasteiger partial charge in [0.2, 0.25) is 0 Å². The van der Waals surface area contributed by atoms with Crippen LogP contribution >= 0.6 is 0 Å². The summed E-state index contributed by atoms with van der Waals surface area (Å²) in [7, 11) is 0. The molecule has 1 aromatic carbocycles. The van der Waals surface area contributed by atoms with Gasteiger partial charge in [-0.25, -0.2) is 0 Å². The topological polar surface area (TPSA) is 38.9 Å².